The maximum atomic E-state index is 15.0. The first-order valence-corrected chi connectivity index (χ1v) is 49.0. The molecule has 4 aliphatic rings. The van der Waals surface area contributed by atoms with Gasteiger partial charge in [-0.05, 0) is 156 Å². The number of aromatic nitrogens is 6. The number of aryl methyl sites for hydroxylation is 2. The summed E-state index contributed by atoms with van der Waals surface area (Å²) in [5.41, 5.74) is 8.66. The van der Waals surface area contributed by atoms with Gasteiger partial charge >= 0.3 is 0 Å². The Morgan fingerprint density at radius 1 is 0.506 bits per heavy atom. The molecule has 4 bridgehead atoms. The molecule has 10 rings (SSSR count). The van der Waals surface area contributed by atoms with Crippen molar-refractivity contribution in [3.05, 3.63) is 92.6 Å². The molecule has 12 nitrogen and oxygen atoms in total. The molecule has 0 N–H and O–H groups in total. The van der Waals surface area contributed by atoms with Crippen molar-refractivity contribution in [2.45, 2.75) is 205 Å². The Bertz CT molecular complexity index is 3180. The van der Waals surface area contributed by atoms with Crippen LogP contribution in [0.3, 0.4) is 0 Å². The standard InChI is InChI=1S/C34H52FIN4O2Si2.C34H53FN4O2Si2/c1-8-26-11-12-27(20-30(26)35)29-21-37-40-33(29)38-32(28-18-24-9-10-25(17-24)19-28)31(36)34(40)39(22-41-13-15-43(2,3)4)23-42-14-16-44(5,6)7;1-8-27-11-12-28(20-31(27)35)30-22-36-39-33(21-32(37-34(30)39)29-18-25-9-10-26(17-25)19-29)38(23-40-13-15-42(2,3)4)24-41-14-16-43(5,6)7/h11-12,20-21,24-25,28H,8-10,13-19,22-23H2,1-7H3;11-12,20-22,25-26,29H,8-10,13-19,23-24H2,1-7H3/t24-,25+,28?;25-,26+,29?. The molecule has 6 aromatic rings. The summed E-state index contributed by atoms with van der Waals surface area (Å²) in [5, 5.41) is 9.74. The first-order chi connectivity index (χ1) is 41.2. The van der Waals surface area contributed by atoms with Crippen molar-refractivity contribution in [3.8, 4) is 22.3 Å². The van der Waals surface area contributed by atoms with Crippen molar-refractivity contribution in [3.63, 3.8) is 0 Å². The van der Waals surface area contributed by atoms with Crippen molar-refractivity contribution < 1.29 is 27.7 Å². The van der Waals surface area contributed by atoms with Crippen molar-refractivity contribution in [1.29, 1.82) is 0 Å². The Balaban J connectivity index is 0.000000208. The number of halogens is 3. The Morgan fingerprint density at radius 3 is 1.30 bits per heavy atom. The molecule has 87 heavy (non-hydrogen) atoms. The third kappa shape index (κ3) is 18.4. The fourth-order valence-corrected chi connectivity index (χ4v) is 17.5. The molecule has 0 spiro atoms. The zero-order chi connectivity index (χ0) is 62.4. The Labute approximate surface area is 538 Å². The van der Waals surface area contributed by atoms with Gasteiger partial charge in [0.1, 0.15) is 44.4 Å². The monoisotopic (exact) mass is 1370 g/mol. The molecule has 4 aliphatic carbocycles. The van der Waals surface area contributed by atoms with Crippen LogP contribution in [0.2, 0.25) is 103 Å². The van der Waals surface area contributed by atoms with E-state index in [1.54, 1.807) is 12.1 Å². The molecule has 0 amide bonds. The predicted octanol–water partition coefficient (Wildman–Crippen LogP) is 18.2. The van der Waals surface area contributed by atoms with E-state index in [9.17, 15) is 4.39 Å². The van der Waals surface area contributed by atoms with Gasteiger partial charge in [-0.1, -0.05) is 142 Å². The highest BCUT2D eigenvalue weighted by Gasteiger charge is 2.39. The molecule has 6 atom stereocenters. The zero-order valence-corrected chi connectivity index (χ0v) is 61.6. The SMILES string of the molecule is CCc1ccc(-c2cnn3c(N(COCC[Si](C)(C)C)COCC[Si](C)(C)C)c(I)c(C4C[C@H]5CC[C@@H](C4)C5)nc23)cc1F.CCc1ccc(-c2cnn3c(N(COCC[Si](C)(C)C)COCC[Si](C)(C)C)cc(C4C[C@H]5CC[C@@H](C4)C5)nc23)cc1F. The maximum absolute atomic E-state index is 15.0. The van der Waals surface area contributed by atoms with Crippen LogP contribution in [0.4, 0.5) is 20.4 Å². The van der Waals surface area contributed by atoms with E-state index >= 15 is 4.39 Å². The second kappa shape index (κ2) is 29.5. The average molecular weight is 1380 g/mol. The third-order valence-corrected chi connectivity index (χ3v) is 26.6. The summed E-state index contributed by atoms with van der Waals surface area (Å²) in [6.45, 7) is 37.2. The molecule has 2 unspecified atom stereocenters. The smallest absolute Gasteiger partial charge is 0.165 e. The Kier molecular flexibility index (Phi) is 23.0. The number of ether oxygens (including phenoxy) is 4. The van der Waals surface area contributed by atoms with E-state index in [2.05, 4.69) is 117 Å². The molecule has 4 saturated carbocycles. The second-order valence-corrected chi connectivity index (χ2v) is 54.5. The minimum atomic E-state index is -1.23. The van der Waals surface area contributed by atoms with E-state index in [1.165, 1.54) is 64.2 Å². The minimum absolute atomic E-state index is 0.173. The summed E-state index contributed by atoms with van der Waals surface area (Å²) in [4.78, 5) is 15.1. The lowest BCUT2D eigenvalue weighted by Gasteiger charge is -2.31. The minimum Gasteiger partial charge on any atom is -0.361 e. The van der Waals surface area contributed by atoms with Crippen LogP contribution < -0.4 is 9.80 Å². The predicted molar refractivity (Wildman–Crippen MR) is 375 cm³/mol. The van der Waals surface area contributed by atoms with Crippen LogP contribution >= 0.6 is 22.6 Å². The first-order valence-electron chi connectivity index (χ1n) is 33.1. The fraction of sp³-hybridized carbons (Fsp3) is 0.647. The quantitative estimate of drug-likeness (QED) is 0.0204. The van der Waals surface area contributed by atoms with Crippen LogP contribution in [0.5, 0.6) is 0 Å². The number of fused-ring (bicyclic) bond motifs is 6. The highest BCUT2D eigenvalue weighted by molar-refractivity contribution is 14.1. The van der Waals surface area contributed by atoms with Gasteiger partial charge in [0, 0.05) is 93.4 Å². The van der Waals surface area contributed by atoms with Gasteiger partial charge in [-0.2, -0.15) is 19.2 Å². The summed E-state index contributed by atoms with van der Waals surface area (Å²) in [7, 11) is -4.89. The molecular weight excluding hydrogens is 1270 g/mol. The summed E-state index contributed by atoms with van der Waals surface area (Å²) in [6.07, 6.45) is 17.9. The molecule has 2 aromatic carbocycles. The molecule has 4 fully saturated rings. The largest absolute Gasteiger partial charge is 0.361 e. The third-order valence-electron chi connectivity index (χ3n) is 18.7. The molecular formula is C68H105F2IN8O4Si4. The lowest BCUT2D eigenvalue weighted by atomic mass is 9.79. The van der Waals surface area contributed by atoms with E-state index in [4.69, 9.17) is 39.1 Å². The number of hydrogen-bond acceptors (Lipinski definition) is 10. The van der Waals surface area contributed by atoms with Crippen LogP contribution in [0.25, 0.3) is 33.5 Å². The van der Waals surface area contributed by atoms with E-state index in [-0.39, 0.29) is 11.6 Å². The van der Waals surface area contributed by atoms with E-state index < -0.39 is 32.3 Å². The van der Waals surface area contributed by atoms with Gasteiger partial charge in [-0.25, -0.2) is 18.7 Å². The summed E-state index contributed by atoms with van der Waals surface area (Å²) < 4.78 is 60.3. The van der Waals surface area contributed by atoms with E-state index in [0.29, 0.717) is 51.6 Å². The van der Waals surface area contributed by atoms with Crippen molar-refractivity contribution in [2.75, 3.05) is 63.2 Å². The number of anilines is 2. The summed E-state index contributed by atoms with van der Waals surface area (Å²) in [6, 6.07) is 17.8. The highest BCUT2D eigenvalue weighted by Crippen LogP contribution is 2.51. The molecule has 4 aromatic heterocycles. The van der Waals surface area contributed by atoms with Crippen molar-refractivity contribution in [2.24, 2.45) is 23.7 Å². The Morgan fingerprint density at radius 2 is 0.897 bits per heavy atom. The van der Waals surface area contributed by atoms with Crippen molar-refractivity contribution >= 4 is 77.8 Å². The fourth-order valence-electron chi connectivity index (χ4n) is 13.4. The van der Waals surface area contributed by atoms with Gasteiger partial charge in [-0.15, -0.1) is 0 Å². The van der Waals surface area contributed by atoms with Gasteiger partial charge in [-0.3, -0.25) is 0 Å². The van der Waals surface area contributed by atoms with Crippen molar-refractivity contribution in [1.82, 2.24) is 29.2 Å². The molecule has 478 valence electrons. The topological polar surface area (TPSA) is 104 Å². The maximum Gasteiger partial charge on any atom is 0.165 e. The van der Waals surface area contributed by atoms with Crippen LogP contribution in [-0.2, 0) is 31.8 Å². The van der Waals surface area contributed by atoms with E-state index in [1.807, 2.05) is 59.5 Å². The molecule has 19 heteroatoms. The van der Waals surface area contributed by atoms with Gasteiger partial charge < -0.3 is 28.7 Å². The van der Waals surface area contributed by atoms with Crippen LogP contribution in [0.15, 0.2) is 54.9 Å². The first kappa shape index (κ1) is 68.0. The second-order valence-electron chi connectivity index (χ2n) is 31.0. The lowest BCUT2D eigenvalue weighted by molar-refractivity contribution is 0.0939. The van der Waals surface area contributed by atoms with Gasteiger partial charge in [0.2, 0.25) is 0 Å². The molecule has 0 radical (unpaired) electrons. The molecule has 0 saturated heterocycles. The van der Waals surface area contributed by atoms with E-state index in [0.717, 1.165) is 146 Å². The number of hydrogen-bond donors (Lipinski definition) is 0. The number of benzene rings is 2. The van der Waals surface area contributed by atoms with Gasteiger partial charge in [0.15, 0.2) is 17.1 Å². The lowest BCUT2D eigenvalue weighted by Crippen LogP contribution is -2.34. The molecule has 0 aliphatic heterocycles. The summed E-state index contributed by atoms with van der Waals surface area (Å²) in [5.74, 6) is 5.61. The molecule has 4 heterocycles. The van der Waals surface area contributed by atoms with Gasteiger partial charge in [0.25, 0.3) is 0 Å². The number of rotatable bonds is 28. The normalized spacial score (nSPS) is 20.6. The highest BCUT2D eigenvalue weighted by atomic mass is 127. The average Bonchev–Trinajstić information content (AvgIpc) is 1.75. The van der Waals surface area contributed by atoms with Crippen LogP contribution in [0, 0.1) is 38.9 Å². The van der Waals surface area contributed by atoms with Gasteiger partial charge in [0.05, 0.1) is 21.7 Å². The zero-order valence-electron chi connectivity index (χ0n) is 55.5. The Hall–Kier alpha value is -3.42. The van der Waals surface area contributed by atoms with Crippen LogP contribution in [-0.4, -0.2) is 115 Å². The number of nitrogens with zero attached hydrogens (tertiary/aromatic N) is 8. The van der Waals surface area contributed by atoms with Crippen LogP contribution in [0.1, 0.15) is 112 Å². The summed E-state index contributed by atoms with van der Waals surface area (Å²) >= 11 is 2.51.